The summed E-state index contributed by atoms with van der Waals surface area (Å²) in [4.78, 5) is 38.0. The average Bonchev–Trinajstić information content (AvgIpc) is 2.55. The van der Waals surface area contributed by atoms with Crippen LogP contribution >= 0.6 is 11.8 Å². The Balaban J connectivity index is 1.79. The van der Waals surface area contributed by atoms with E-state index in [2.05, 4.69) is 5.32 Å². The van der Waals surface area contributed by atoms with Crippen molar-refractivity contribution < 1.29 is 19.5 Å². The number of aliphatic carboxylic acids is 1. The first-order valence-corrected chi connectivity index (χ1v) is 8.47. The van der Waals surface area contributed by atoms with Gasteiger partial charge in [0.15, 0.2) is 0 Å². The molecular formula is C16H18N2O4S. The highest BCUT2D eigenvalue weighted by Gasteiger charge is 2.29. The van der Waals surface area contributed by atoms with Crippen molar-refractivity contribution >= 4 is 35.2 Å². The number of nitrogens with one attached hydrogen (secondary N) is 1. The number of amides is 2. The van der Waals surface area contributed by atoms with Gasteiger partial charge >= 0.3 is 5.97 Å². The number of carbonyl (C=O) groups excluding carboxylic acids is 2. The molecule has 2 atom stereocenters. The number of anilines is 1. The average molecular weight is 334 g/mol. The van der Waals surface area contributed by atoms with Crippen LogP contribution < -0.4 is 5.32 Å². The summed E-state index contributed by atoms with van der Waals surface area (Å²) in [7, 11) is 0. The summed E-state index contributed by atoms with van der Waals surface area (Å²) in [5.74, 6) is -1.61. The van der Waals surface area contributed by atoms with Gasteiger partial charge in [0, 0.05) is 23.5 Å². The number of carbonyl (C=O) groups is 3. The summed E-state index contributed by atoms with van der Waals surface area (Å²) in [6, 6.07) is 5.25. The van der Waals surface area contributed by atoms with Gasteiger partial charge < -0.3 is 15.3 Å². The zero-order valence-electron chi connectivity index (χ0n) is 12.7. The number of thioether (sulfide) groups is 1. The van der Waals surface area contributed by atoms with Crippen LogP contribution in [0, 0.1) is 5.92 Å². The molecule has 1 saturated heterocycles. The second kappa shape index (κ2) is 6.23. The molecule has 0 spiro atoms. The summed E-state index contributed by atoms with van der Waals surface area (Å²) < 4.78 is 0. The molecule has 2 heterocycles. The molecule has 2 aliphatic rings. The van der Waals surface area contributed by atoms with Crippen molar-refractivity contribution in [2.45, 2.75) is 29.9 Å². The number of likely N-dealkylation sites (tertiary alicyclic amines) is 1. The van der Waals surface area contributed by atoms with Crippen LogP contribution in [0.25, 0.3) is 0 Å². The fraction of sp³-hybridized carbons (Fsp3) is 0.438. The second-order valence-electron chi connectivity index (χ2n) is 5.89. The number of carboxylic acid groups (broad SMARTS) is 1. The van der Waals surface area contributed by atoms with Gasteiger partial charge in [-0.1, -0.05) is 0 Å². The first kappa shape index (κ1) is 15.9. The largest absolute Gasteiger partial charge is 0.481 e. The van der Waals surface area contributed by atoms with Crippen LogP contribution in [0.2, 0.25) is 0 Å². The molecule has 122 valence electrons. The lowest BCUT2D eigenvalue weighted by molar-refractivity contribution is -0.143. The van der Waals surface area contributed by atoms with Crippen LogP contribution in [0.15, 0.2) is 23.1 Å². The molecule has 0 saturated carbocycles. The number of piperidine rings is 1. The van der Waals surface area contributed by atoms with Gasteiger partial charge in [-0.2, -0.15) is 0 Å². The highest BCUT2D eigenvalue weighted by molar-refractivity contribution is 8.00. The lowest BCUT2D eigenvalue weighted by Gasteiger charge is -2.31. The molecule has 2 amide bonds. The number of hydrogen-bond donors (Lipinski definition) is 2. The van der Waals surface area contributed by atoms with Crippen LogP contribution in [0.5, 0.6) is 0 Å². The molecule has 1 aromatic carbocycles. The van der Waals surface area contributed by atoms with E-state index in [4.69, 9.17) is 5.11 Å². The first-order chi connectivity index (χ1) is 11.0. The minimum Gasteiger partial charge on any atom is -0.481 e. The summed E-state index contributed by atoms with van der Waals surface area (Å²) >= 11 is 1.47. The number of rotatable bonds is 2. The number of fused-ring (bicyclic) bond motifs is 1. The SMILES string of the molecule is C[C@@H]1Sc2ccc(C(=O)N3CCC[C@@H](C(=O)O)C3)cc2NC1=O. The summed E-state index contributed by atoms with van der Waals surface area (Å²) in [6.07, 6.45) is 1.30. The van der Waals surface area contributed by atoms with Gasteiger partial charge in [-0.25, -0.2) is 0 Å². The summed E-state index contributed by atoms with van der Waals surface area (Å²) in [5, 5.41) is 11.8. The van der Waals surface area contributed by atoms with Crippen molar-refractivity contribution in [2.24, 2.45) is 5.92 Å². The Morgan fingerprint density at radius 1 is 1.39 bits per heavy atom. The Hall–Kier alpha value is -2.02. The van der Waals surface area contributed by atoms with E-state index in [1.807, 2.05) is 13.0 Å². The van der Waals surface area contributed by atoms with Gasteiger partial charge in [0.05, 0.1) is 16.9 Å². The van der Waals surface area contributed by atoms with Gasteiger partial charge in [-0.15, -0.1) is 11.8 Å². The molecule has 1 fully saturated rings. The molecule has 1 aromatic rings. The van der Waals surface area contributed by atoms with Crippen LogP contribution in [0.4, 0.5) is 5.69 Å². The Morgan fingerprint density at radius 3 is 2.91 bits per heavy atom. The second-order valence-corrected chi connectivity index (χ2v) is 7.27. The third-order valence-corrected chi connectivity index (χ3v) is 5.39. The van der Waals surface area contributed by atoms with E-state index in [-0.39, 0.29) is 23.6 Å². The van der Waals surface area contributed by atoms with Crippen molar-refractivity contribution in [3.63, 3.8) is 0 Å². The normalized spacial score (nSPS) is 23.9. The molecule has 23 heavy (non-hydrogen) atoms. The van der Waals surface area contributed by atoms with Gasteiger partial charge in [-0.3, -0.25) is 14.4 Å². The topological polar surface area (TPSA) is 86.7 Å². The van der Waals surface area contributed by atoms with Crippen molar-refractivity contribution in [1.82, 2.24) is 4.90 Å². The predicted molar refractivity (Wildman–Crippen MR) is 86.7 cm³/mol. The minimum atomic E-state index is -0.856. The third kappa shape index (κ3) is 3.19. The summed E-state index contributed by atoms with van der Waals surface area (Å²) in [5.41, 5.74) is 1.13. The molecule has 7 heteroatoms. The maximum atomic E-state index is 12.6. The van der Waals surface area contributed by atoms with Crippen LogP contribution in [-0.4, -0.2) is 46.1 Å². The van der Waals surface area contributed by atoms with Gasteiger partial charge in [0.25, 0.3) is 5.91 Å². The molecule has 0 aliphatic carbocycles. The fourth-order valence-electron chi connectivity index (χ4n) is 2.89. The predicted octanol–water partition coefficient (Wildman–Crippen LogP) is 2.06. The maximum absolute atomic E-state index is 12.6. The fourth-order valence-corrected chi connectivity index (χ4v) is 3.82. The highest BCUT2D eigenvalue weighted by atomic mass is 32.2. The molecule has 0 aromatic heterocycles. The zero-order valence-corrected chi connectivity index (χ0v) is 13.6. The Bertz CT molecular complexity index is 676. The number of benzene rings is 1. The van der Waals surface area contributed by atoms with Crippen LogP contribution in [-0.2, 0) is 9.59 Å². The third-order valence-electron chi connectivity index (χ3n) is 4.22. The molecule has 6 nitrogen and oxygen atoms in total. The van der Waals surface area contributed by atoms with Crippen molar-refractivity contribution in [1.29, 1.82) is 0 Å². The smallest absolute Gasteiger partial charge is 0.308 e. The molecule has 2 N–H and O–H groups in total. The van der Waals surface area contributed by atoms with Crippen LogP contribution in [0.3, 0.4) is 0 Å². The molecular weight excluding hydrogens is 316 g/mol. The lowest BCUT2D eigenvalue weighted by atomic mass is 9.97. The Kier molecular flexibility index (Phi) is 4.30. The van der Waals surface area contributed by atoms with Gasteiger partial charge in [0.2, 0.25) is 5.91 Å². The van der Waals surface area contributed by atoms with E-state index >= 15 is 0 Å². The standard InChI is InChI=1S/C16H18N2O4S/c1-9-14(19)17-12-7-10(4-5-13(12)23-9)15(20)18-6-2-3-11(8-18)16(21)22/h4-5,7,9,11H,2-3,6,8H2,1H3,(H,17,19)(H,21,22)/t9-,11+/m0/s1. The summed E-state index contributed by atoms with van der Waals surface area (Å²) in [6.45, 7) is 2.64. The van der Waals surface area contributed by atoms with Gasteiger partial charge in [0.1, 0.15) is 0 Å². The van der Waals surface area contributed by atoms with Gasteiger partial charge in [-0.05, 0) is 38.0 Å². The highest BCUT2D eigenvalue weighted by Crippen LogP contribution is 2.36. The number of nitrogens with zero attached hydrogens (tertiary/aromatic N) is 1. The monoisotopic (exact) mass is 334 g/mol. The molecule has 2 aliphatic heterocycles. The maximum Gasteiger partial charge on any atom is 0.308 e. The van der Waals surface area contributed by atoms with Crippen LogP contribution in [0.1, 0.15) is 30.1 Å². The van der Waals surface area contributed by atoms with E-state index < -0.39 is 11.9 Å². The molecule has 3 rings (SSSR count). The Morgan fingerprint density at radius 2 is 2.17 bits per heavy atom. The van der Waals surface area contributed by atoms with E-state index in [0.717, 1.165) is 4.90 Å². The number of carboxylic acids is 1. The van der Waals surface area contributed by atoms with E-state index in [1.54, 1.807) is 17.0 Å². The Labute approximate surface area is 138 Å². The van der Waals surface area contributed by atoms with Crippen molar-refractivity contribution in [3.05, 3.63) is 23.8 Å². The van der Waals surface area contributed by atoms with Crippen molar-refractivity contribution in [2.75, 3.05) is 18.4 Å². The number of hydrogen-bond acceptors (Lipinski definition) is 4. The van der Waals surface area contributed by atoms with E-state index in [1.165, 1.54) is 11.8 Å². The zero-order chi connectivity index (χ0) is 16.6. The van der Waals surface area contributed by atoms with E-state index in [0.29, 0.717) is 30.6 Å². The molecule has 0 radical (unpaired) electrons. The molecule has 0 bridgehead atoms. The minimum absolute atomic E-state index is 0.0731. The lowest BCUT2D eigenvalue weighted by Crippen LogP contribution is -2.42. The first-order valence-electron chi connectivity index (χ1n) is 7.59. The van der Waals surface area contributed by atoms with E-state index in [9.17, 15) is 14.4 Å². The van der Waals surface area contributed by atoms with Crippen molar-refractivity contribution in [3.8, 4) is 0 Å². The quantitative estimate of drug-likeness (QED) is 0.864. The molecule has 0 unspecified atom stereocenters.